The van der Waals surface area contributed by atoms with Crippen molar-refractivity contribution < 1.29 is 18.3 Å². The van der Waals surface area contributed by atoms with Crippen molar-refractivity contribution in [2.24, 2.45) is 0 Å². The highest BCUT2D eigenvalue weighted by Gasteiger charge is 2.17. The third-order valence-electron chi connectivity index (χ3n) is 2.37. The van der Waals surface area contributed by atoms with E-state index in [4.69, 9.17) is 5.11 Å². The molecular formula is C11H15IN2O4S. The molecule has 6 nitrogen and oxygen atoms in total. The molecule has 1 aromatic carbocycles. The Morgan fingerprint density at radius 3 is 2.63 bits per heavy atom. The van der Waals surface area contributed by atoms with Gasteiger partial charge in [0.05, 0.1) is 10.5 Å². The first-order chi connectivity index (χ1) is 8.88. The second kappa shape index (κ2) is 7.17. The number of halogens is 1. The lowest BCUT2D eigenvalue weighted by Crippen LogP contribution is -2.27. The minimum absolute atomic E-state index is 0.0151. The summed E-state index contributed by atoms with van der Waals surface area (Å²) in [6.45, 7) is 1.01. The van der Waals surface area contributed by atoms with Gasteiger partial charge in [0, 0.05) is 10.1 Å². The van der Waals surface area contributed by atoms with E-state index >= 15 is 0 Å². The zero-order chi connectivity index (χ0) is 14.5. The SMILES string of the molecule is CNCCCNS(=O)(=O)c1ccc(I)c(C(=O)O)c1. The fourth-order valence-electron chi connectivity index (χ4n) is 1.39. The summed E-state index contributed by atoms with van der Waals surface area (Å²) >= 11 is 1.86. The molecule has 0 aliphatic carbocycles. The maximum atomic E-state index is 12.0. The number of nitrogens with one attached hydrogen (secondary N) is 2. The smallest absolute Gasteiger partial charge is 0.336 e. The summed E-state index contributed by atoms with van der Waals surface area (Å²) in [5, 5.41) is 11.9. The highest BCUT2D eigenvalue weighted by molar-refractivity contribution is 14.1. The van der Waals surface area contributed by atoms with Gasteiger partial charge in [0.1, 0.15) is 0 Å². The molecule has 8 heteroatoms. The van der Waals surface area contributed by atoms with Gasteiger partial charge in [-0.1, -0.05) is 0 Å². The van der Waals surface area contributed by atoms with Gasteiger partial charge in [-0.2, -0.15) is 0 Å². The maximum Gasteiger partial charge on any atom is 0.336 e. The van der Waals surface area contributed by atoms with Crippen molar-refractivity contribution in [3.63, 3.8) is 0 Å². The number of carboxylic acid groups (broad SMARTS) is 1. The van der Waals surface area contributed by atoms with E-state index in [-0.39, 0.29) is 10.5 Å². The number of hydrogen-bond acceptors (Lipinski definition) is 4. The molecule has 0 saturated heterocycles. The predicted molar refractivity (Wildman–Crippen MR) is 79.9 cm³/mol. The van der Waals surface area contributed by atoms with Gasteiger partial charge < -0.3 is 10.4 Å². The highest BCUT2D eigenvalue weighted by atomic mass is 127. The molecule has 0 atom stereocenters. The summed E-state index contributed by atoms with van der Waals surface area (Å²) in [5.41, 5.74) is -0.0151. The Labute approximate surface area is 125 Å². The summed E-state index contributed by atoms with van der Waals surface area (Å²) in [5.74, 6) is -1.14. The van der Waals surface area contributed by atoms with Crippen molar-refractivity contribution in [3.8, 4) is 0 Å². The second-order valence-electron chi connectivity index (χ2n) is 3.80. The quantitative estimate of drug-likeness (QED) is 0.468. The van der Waals surface area contributed by atoms with Crippen molar-refractivity contribution in [2.45, 2.75) is 11.3 Å². The van der Waals surface area contributed by atoms with E-state index in [9.17, 15) is 13.2 Å². The molecular weight excluding hydrogens is 383 g/mol. The molecule has 3 N–H and O–H groups in total. The number of carbonyl (C=O) groups is 1. The van der Waals surface area contributed by atoms with E-state index in [1.54, 1.807) is 7.05 Å². The first-order valence-electron chi connectivity index (χ1n) is 5.55. The zero-order valence-electron chi connectivity index (χ0n) is 10.3. The summed E-state index contributed by atoms with van der Waals surface area (Å²) < 4.78 is 26.8. The Balaban J connectivity index is 2.89. The molecule has 0 spiro atoms. The predicted octanol–water partition coefficient (Wildman–Crippen LogP) is 0.877. The van der Waals surface area contributed by atoms with Crippen LogP contribution in [0.2, 0.25) is 0 Å². The number of sulfonamides is 1. The fraction of sp³-hybridized carbons (Fsp3) is 0.364. The molecule has 0 bridgehead atoms. The maximum absolute atomic E-state index is 12.0. The molecule has 19 heavy (non-hydrogen) atoms. The lowest BCUT2D eigenvalue weighted by molar-refractivity contribution is 0.0695. The average molecular weight is 398 g/mol. The number of rotatable bonds is 7. The standard InChI is InChI=1S/C11H15IN2O4S/c1-13-5-2-6-14-19(17,18)8-3-4-10(12)9(7-8)11(15)16/h3-4,7,13-14H,2,5-6H2,1H3,(H,15,16). The van der Waals surface area contributed by atoms with Crippen LogP contribution in [0.4, 0.5) is 0 Å². The molecule has 0 aliphatic heterocycles. The minimum atomic E-state index is -3.66. The Morgan fingerprint density at radius 2 is 2.05 bits per heavy atom. The van der Waals surface area contributed by atoms with Gasteiger partial charge in [0.2, 0.25) is 10.0 Å². The topological polar surface area (TPSA) is 95.5 Å². The summed E-state index contributed by atoms with van der Waals surface area (Å²) in [6.07, 6.45) is 0.659. The van der Waals surface area contributed by atoms with E-state index in [0.29, 0.717) is 23.1 Å². The van der Waals surface area contributed by atoms with E-state index in [1.165, 1.54) is 18.2 Å². The first-order valence-corrected chi connectivity index (χ1v) is 8.12. The van der Waals surface area contributed by atoms with Crippen molar-refractivity contribution in [1.29, 1.82) is 0 Å². The molecule has 106 valence electrons. The molecule has 0 heterocycles. The van der Waals surface area contributed by atoms with Crippen LogP contribution in [-0.2, 0) is 10.0 Å². The Hall–Kier alpha value is -0.710. The number of aromatic carboxylic acids is 1. The Kier molecular flexibility index (Phi) is 6.17. The Morgan fingerprint density at radius 1 is 1.37 bits per heavy atom. The van der Waals surface area contributed by atoms with Crippen LogP contribution in [0.5, 0.6) is 0 Å². The summed E-state index contributed by atoms with van der Waals surface area (Å²) in [6, 6.07) is 4.05. The van der Waals surface area contributed by atoms with Crippen molar-refractivity contribution in [2.75, 3.05) is 20.1 Å². The highest BCUT2D eigenvalue weighted by Crippen LogP contribution is 2.17. The monoisotopic (exact) mass is 398 g/mol. The lowest BCUT2D eigenvalue weighted by atomic mass is 10.2. The van der Waals surface area contributed by atoms with Crippen LogP contribution in [0, 0.1) is 3.57 Å². The molecule has 0 amide bonds. The van der Waals surface area contributed by atoms with Gasteiger partial charge in [-0.05, 0) is 60.8 Å². The second-order valence-corrected chi connectivity index (χ2v) is 6.73. The first kappa shape index (κ1) is 16.3. The van der Waals surface area contributed by atoms with Crippen LogP contribution in [0.1, 0.15) is 16.8 Å². The van der Waals surface area contributed by atoms with E-state index < -0.39 is 16.0 Å². The van der Waals surface area contributed by atoms with Crippen LogP contribution in [-0.4, -0.2) is 39.6 Å². The Bertz CT molecular complexity index is 560. The average Bonchev–Trinajstić information content (AvgIpc) is 2.34. The number of hydrogen-bond donors (Lipinski definition) is 3. The van der Waals surface area contributed by atoms with E-state index in [0.717, 1.165) is 0 Å². The van der Waals surface area contributed by atoms with Crippen LogP contribution >= 0.6 is 22.6 Å². The summed E-state index contributed by atoms with van der Waals surface area (Å²) in [7, 11) is -1.87. The number of benzene rings is 1. The minimum Gasteiger partial charge on any atom is -0.478 e. The molecule has 0 radical (unpaired) electrons. The zero-order valence-corrected chi connectivity index (χ0v) is 13.3. The normalized spacial score (nSPS) is 11.5. The van der Waals surface area contributed by atoms with Gasteiger partial charge in [0.15, 0.2) is 0 Å². The largest absolute Gasteiger partial charge is 0.478 e. The van der Waals surface area contributed by atoms with Crippen LogP contribution < -0.4 is 10.0 Å². The van der Waals surface area contributed by atoms with E-state index in [2.05, 4.69) is 10.0 Å². The van der Waals surface area contributed by atoms with Gasteiger partial charge in [-0.15, -0.1) is 0 Å². The van der Waals surface area contributed by atoms with Crippen LogP contribution in [0.3, 0.4) is 0 Å². The summed E-state index contributed by atoms with van der Waals surface area (Å²) in [4.78, 5) is 10.9. The number of carboxylic acids is 1. The van der Waals surface area contributed by atoms with E-state index in [1.807, 2.05) is 22.6 Å². The molecule has 0 fully saturated rings. The van der Waals surface area contributed by atoms with Crippen LogP contribution in [0.25, 0.3) is 0 Å². The van der Waals surface area contributed by atoms with Gasteiger partial charge in [0.25, 0.3) is 0 Å². The third-order valence-corrected chi connectivity index (χ3v) is 4.77. The molecule has 0 saturated carbocycles. The molecule has 1 aromatic rings. The van der Waals surface area contributed by atoms with Crippen molar-refractivity contribution in [3.05, 3.63) is 27.3 Å². The molecule has 0 aliphatic rings. The fourth-order valence-corrected chi connectivity index (χ4v) is 3.06. The molecule has 0 aromatic heterocycles. The third kappa shape index (κ3) is 4.71. The lowest BCUT2D eigenvalue weighted by Gasteiger charge is -2.08. The van der Waals surface area contributed by atoms with Crippen molar-refractivity contribution in [1.82, 2.24) is 10.0 Å². The van der Waals surface area contributed by atoms with Crippen LogP contribution in [0.15, 0.2) is 23.1 Å². The molecule has 0 unspecified atom stereocenters. The van der Waals surface area contributed by atoms with Gasteiger partial charge in [-0.25, -0.2) is 17.9 Å². The van der Waals surface area contributed by atoms with Gasteiger partial charge in [-0.3, -0.25) is 0 Å². The van der Waals surface area contributed by atoms with Gasteiger partial charge >= 0.3 is 5.97 Å². The molecule has 1 rings (SSSR count). The van der Waals surface area contributed by atoms with Crippen molar-refractivity contribution >= 4 is 38.6 Å².